The molecule has 120 valence electrons. The second kappa shape index (κ2) is 10.1. The fraction of sp³-hybridized carbons (Fsp3) is 0.786. The van der Waals surface area contributed by atoms with Gasteiger partial charge in [-0.15, -0.1) is 0 Å². The molecule has 1 rings (SSSR count). The van der Waals surface area contributed by atoms with Crippen molar-refractivity contribution in [2.45, 2.75) is 33.1 Å². The standard InChI is InChI=1S/C14H28N6O/c1-5-8-15-12-17-13(16-9-7-10-20(3)4)19-14(18-12)21-11-6-2/h5-11H2,1-4H3,(H2,15,16,17,18,19). The van der Waals surface area contributed by atoms with Crippen molar-refractivity contribution in [3.8, 4) is 6.01 Å². The second-order valence-electron chi connectivity index (χ2n) is 5.12. The Morgan fingerprint density at radius 2 is 1.62 bits per heavy atom. The van der Waals surface area contributed by atoms with Gasteiger partial charge in [0.2, 0.25) is 11.9 Å². The molecule has 0 amide bonds. The zero-order valence-corrected chi connectivity index (χ0v) is 13.6. The van der Waals surface area contributed by atoms with E-state index in [1.807, 2.05) is 0 Å². The number of rotatable bonds is 11. The van der Waals surface area contributed by atoms with Crippen LogP contribution in [0.1, 0.15) is 33.1 Å². The molecule has 0 bridgehead atoms. The van der Waals surface area contributed by atoms with Gasteiger partial charge < -0.3 is 20.3 Å². The van der Waals surface area contributed by atoms with Gasteiger partial charge in [0.25, 0.3) is 0 Å². The first-order valence-corrected chi connectivity index (χ1v) is 7.67. The number of ether oxygens (including phenoxy) is 1. The highest BCUT2D eigenvalue weighted by Gasteiger charge is 2.07. The van der Waals surface area contributed by atoms with Crippen LogP contribution >= 0.6 is 0 Å². The minimum absolute atomic E-state index is 0.376. The van der Waals surface area contributed by atoms with Gasteiger partial charge in [-0.3, -0.25) is 0 Å². The summed E-state index contributed by atoms with van der Waals surface area (Å²) in [6.45, 7) is 7.44. The lowest BCUT2D eigenvalue weighted by Crippen LogP contribution is -2.17. The molecular formula is C14H28N6O. The van der Waals surface area contributed by atoms with E-state index in [0.717, 1.165) is 38.9 Å². The molecule has 0 unspecified atom stereocenters. The Labute approximate surface area is 127 Å². The molecule has 0 aliphatic carbocycles. The molecule has 0 atom stereocenters. The van der Waals surface area contributed by atoms with Crippen LogP contribution in [0.25, 0.3) is 0 Å². The topological polar surface area (TPSA) is 75.2 Å². The number of hydrogen-bond donors (Lipinski definition) is 2. The third-order valence-electron chi connectivity index (χ3n) is 2.65. The van der Waals surface area contributed by atoms with Crippen LogP contribution in [0.3, 0.4) is 0 Å². The van der Waals surface area contributed by atoms with E-state index in [1.54, 1.807) is 0 Å². The molecule has 0 saturated heterocycles. The SMILES string of the molecule is CCCNc1nc(NCCCN(C)C)nc(OCCC)n1. The second-order valence-corrected chi connectivity index (χ2v) is 5.12. The maximum Gasteiger partial charge on any atom is 0.323 e. The molecule has 2 N–H and O–H groups in total. The zero-order chi connectivity index (χ0) is 15.5. The summed E-state index contributed by atoms with van der Waals surface area (Å²) < 4.78 is 5.51. The lowest BCUT2D eigenvalue weighted by Gasteiger charge is -2.11. The van der Waals surface area contributed by atoms with Crippen molar-refractivity contribution in [3.05, 3.63) is 0 Å². The van der Waals surface area contributed by atoms with Crippen LogP contribution in [-0.2, 0) is 0 Å². The fourth-order valence-electron chi connectivity index (χ4n) is 1.60. The Morgan fingerprint density at radius 3 is 2.19 bits per heavy atom. The Kier molecular flexibility index (Phi) is 8.42. The van der Waals surface area contributed by atoms with Gasteiger partial charge in [-0.05, 0) is 39.9 Å². The molecule has 0 fully saturated rings. The van der Waals surface area contributed by atoms with Crippen LogP contribution in [0.2, 0.25) is 0 Å². The molecule has 21 heavy (non-hydrogen) atoms. The minimum atomic E-state index is 0.376. The molecule has 7 nitrogen and oxygen atoms in total. The maximum atomic E-state index is 5.51. The summed E-state index contributed by atoms with van der Waals surface area (Å²) in [6.07, 6.45) is 2.97. The van der Waals surface area contributed by atoms with E-state index in [-0.39, 0.29) is 0 Å². The molecular weight excluding hydrogens is 268 g/mol. The van der Waals surface area contributed by atoms with Gasteiger partial charge in [-0.1, -0.05) is 13.8 Å². The Hall–Kier alpha value is -1.63. The molecule has 1 aromatic rings. The van der Waals surface area contributed by atoms with Gasteiger partial charge in [0.15, 0.2) is 0 Å². The molecule has 1 aromatic heterocycles. The van der Waals surface area contributed by atoms with Crippen molar-refractivity contribution in [2.24, 2.45) is 0 Å². The van der Waals surface area contributed by atoms with E-state index in [2.05, 4.69) is 58.4 Å². The van der Waals surface area contributed by atoms with Crippen molar-refractivity contribution < 1.29 is 4.74 Å². The van der Waals surface area contributed by atoms with Crippen molar-refractivity contribution in [1.29, 1.82) is 0 Å². The van der Waals surface area contributed by atoms with E-state index >= 15 is 0 Å². The largest absolute Gasteiger partial charge is 0.463 e. The van der Waals surface area contributed by atoms with Crippen molar-refractivity contribution in [3.63, 3.8) is 0 Å². The average molecular weight is 296 g/mol. The van der Waals surface area contributed by atoms with Crippen LogP contribution in [-0.4, -0.2) is 60.2 Å². The van der Waals surface area contributed by atoms with Crippen LogP contribution in [0.15, 0.2) is 0 Å². The van der Waals surface area contributed by atoms with Crippen molar-refractivity contribution in [2.75, 3.05) is 51.0 Å². The first-order chi connectivity index (χ1) is 10.2. The van der Waals surface area contributed by atoms with E-state index in [1.165, 1.54) is 0 Å². The number of aromatic nitrogens is 3. The normalized spacial score (nSPS) is 10.7. The fourth-order valence-corrected chi connectivity index (χ4v) is 1.60. The van der Waals surface area contributed by atoms with Crippen molar-refractivity contribution >= 4 is 11.9 Å². The van der Waals surface area contributed by atoms with Gasteiger partial charge in [0.05, 0.1) is 6.61 Å². The van der Waals surface area contributed by atoms with Gasteiger partial charge >= 0.3 is 6.01 Å². The average Bonchev–Trinajstić information content (AvgIpc) is 2.47. The highest BCUT2D eigenvalue weighted by Crippen LogP contribution is 2.11. The van der Waals surface area contributed by atoms with E-state index in [9.17, 15) is 0 Å². The molecule has 0 spiro atoms. The van der Waals surface area contributed by atoms with E-state index in [4.69, 9.17) is 4.74 Å². The summed E-state index contributed by atoms with van der Waals surface area (Å²) >= 11 is 0. The van der Waals surface area contributed by atoms with Crippen LogP contribution < -0.4 is 15.4 Å². The summed E-state index contributed by atoms with van der Waals surface area (Å²) in [5.74, 6) is 1.13. The molecule has 1 heterocycles. The maximum absolute atomic E-state index is 5.51. The van der Waals surface area contributed by atoms with Gasteiger partial charge in [0, 0.05) is 13.1 Å². The van der Waals surface area contributed by atoms with E-state index < -0.39 is 0 Å². The number of hydrogen-bond acceptors (Lipinski definition) is 7. The third kappa shape index (κ3) is 7.65. The van der Waals surface area contributed by atoms with Gasteiger partial charge in [0.1, 0.15) is 0 Å². The highest BCUT2D eigenvalue weighted by molar-refractivity contribution is 5.35. The molecule has 0 aliphatic rings. The lowest BCUT2D eigenvalue weighted by atomic mass is 10.4. The molecule has 7 heteroatoms. The summed E-state index contributed by atoms with van der Waals surface area (Å²) in [4.78, 5) is 15.1. The minimum Gasteiger partial charge on any atom is -0.463 e. The Bertz CT molecular complexity index is 373. The number of nitrogens with zero attached hydrogens (tertiary/aromatic N) is 4. The predicted octanol–water partition coefficient (Wildman–Crippen LogP) is 1.85. The molecule has 0 saturated carbocycles. The zero-order valence-electron chi connectivity index (χ0n) is 13.6. The highest BCUT2D eigenvalue weighted by atomic mass is 16.5. The van der Waals surface area contributed by atoms with E-state index in [0.29, 0.717) is 24.5 Å². The summed E-state index contributed by atoms with van der Waals surface area (Å²) in [5, 5.41) is 6.39. The number of anilines is 2. The van der Waals surface area contributed by atoms with Gasteiger partial charge in [-0.25, -0.2) is 0 Å². The summed E-state index contributed by atoms with van der Waals surface area (Å²) in [7, 11) is 4.12. The Balaban J connectivity index is 2.61. The van der Waals surface area contributed by atoms with Crippen LogP contribution in [0.5, 0.6) is 6.01 Å². The predicted molar refractivity (Wildman–Crippen MR) is 86.1 cm³/mol. The monoisotopic (exact) mass is 296 g/mol. The van der Waals surface area contributed by atoms with Crippen LogP contribution in [0.4, 0.5) is 11.9 Å². The Morgan fingerprint density at radius 1 is 0.952 bits per heavy atom. The molecule has 0 radical (unpaired) electrons. The smallest absolute Gasteiger partial charge is 0.323 e. The molecule has 0 aromatic carbocycles. The first-order valence-electron chi connectivity index (χ1n) is 7.67. The lowest BCUT2D eigenvalue weighted by molar-refractivity contribution is 0.292. The van der Waals surface area contributed by atoms with Crippen LogP contribution in [0, 0.1) is 0 Å². The van der Waals surface area contributed by atoms with Gasteiger partial charge in [-0.2, -0.15) is 15.0 Å². The summed E-state index contributed by atoms with van der Waals surface area (Å²) in [5.41, 5.74) is 0. The number of nitrogens with one attached hydrogen (secondary N) is 2. The third-order valence-corrected chi connectivity index (χ3v) is 2.65. The first kappa shape index (κ1) is 17.4. The summed E-state index contributed by atoms with van der Waals surface area (Å²) in [6, 6.07) is 0.376. The quantitative estimate of drug-likeness (QED) is 0.603. The molecule has 0 aliphatic heterocycles. The van der Waals surface area contributed by atoms with Crippen molar-refractivity contribution in [1.82, 2.24) is 19.9 Å².